The van der Waals surface area contributed by atoms with Gasteiger partial charge in [-0.05, 0) is 26.0 Å². The summed E-state index contributed by atoms with van der Waals surface area (Å²) in [6, 6.07) is 5.43. The van der Waals surface area contributed by atoms with Gasteiger partial charge in [-0.25, -0.2) is 0 Å². The maximum atomic E-state index is 12.3. The molecule has 5 nitrogen and oxygen atoms in total. The molecule has 0 saturated carbocycles. The summed E-state index contributed by atoms with van der Waals surface area (Å²) in [5, 5.41) is 0. The Labute approximate surface area is 119 Å². The molecule has 5 heteroatoms. The molecule has 0 aliphatic heterocycles. The Morgan fingerprint density at radius 1 is 1.30 bits per heavy atom. The van der Waals surface area contributed by atoms with Crippen molar-refractivity contribution in [2.75, 3.05) is 27.3 Å². The van der Waals surface area contributed by atoms with Crippen LogP contribution in [-0.4, -0.2) is 44.1 Å². The number of ether oxygens (including phenoxy) is 2. The first kappa shape index (κ1) is 16.0. The number of amides is 1. The minimum Gasteiger partial charge on any atom is -0.496 e. The molecule has 0 aromatic heterocycles. The molecule has 1 aromatic carbocycles. The zero-order valence-electron chi connectivity index (χ0n) is 12.4. The summed E-state index contributed by atoms with van der Waals surface area (Å²) < 4.78 is 10.0. The Kier molecular flexibility index (Phi) is 6.03. The summed E-state index contributed by atoms with van der Waals surface area (Å²) in [6.07, 6.45) is 0.185. The molecule has 0 unspecified atom stereocenters. The number of hydrogen-bond donors (Lipinski definition) is 0. The highest BCUT2D eigenvalue weighted by atomic mass is 16.5. The van der Waals surface area contributed by atoms with Crippen LogP contribution in [0.1, 0.15) is 29.3 Å². The van der Waals surface area contributed by atoms with Gasteiger partial charge in [-0.1, -0.05) is 11.6 Å². The Morgan fingerprint density at radius 2 is 2.00 bits per heavy atom. The van der Waals surface area contributed by atoms with E-state index in [4.69, 9.17) is 9.47 Å². The molecule has 110 valence electrons. The minimum absolute atomic E-state index is 0.171. The molecule has 0 spiro atoms. The van der Waals surface area contributed by atoms with Crippen LogP contribution in [0, 0.1) is 6.92 Å². The molecule has 0 aliphatic carbocycles. The maximum Gasteiger partial charge on any atom is 0.307 e. The fraction of sp³-hybridized carbons (Fsp3) is 0.467. The lowest BCUT2D eigenvalue weighted by Gasteiger charge is -2.18. The second-order valence-electron chi connectivity index (χ2n) is 4.49. The third-order valence-electron chi connectivity index (χ3n) is 2.89. The highest BCUT2D eigenvalue weighted by Crippen LogP contribution is 2.21. The van der Waals surface area contributed by atoms with E-state index in [0.717, 1.165) is 5.56 Å². The number of aryl methyl sites for hydroxylation is 1. The van der Waals surface area contributed by atoms with Gasteiger partial charge in [0.05, 0.1) is 25.7 Å². The van der Waals surface area contributed by atoms with Gasteiger partial charge in [0.2, 0.25) is 0 Å². The van der Waals surface area contributed by atoms with Gasteiger partial charge in [0, 0.05) is 13.6 Å². The molecule has 0 fully saturated rings. The molecule has 1 aromatic rings. The van der Waals surface area contributed by atoms with Crippen molar-refractivity contribution in [3.8, 4) is 5.75 Å². The highest BCUT2D eigenvalue weighted by molar-refractivity contribution is 5.97. The van der Waals surface area contributed by atoms with Crippen LogP contribution in [0.5, 0.6) is 5.75 Å². The minimum atomic E-state index is -0.302. The topological polar surface area (TPSA) is 55.8 Å². The van der Waals surface area contributed by atoms with Crippen LogP contribution in [0.15, 0.2) is 18.2 Å². The third kappa shape index (κ3) is 4.26. The average Bonchev–Trinajstić information content (AvgIpc) is 2.44. The largest absolute Gasteiger partial charge is 0.496 e. The van der Waals surface area contributed by atoms with Crippen molar-refractivity contribution < 1.29 is 19.1 Å². The number of hydrogen-bond acceptors (Lipinski definition) is 4. The van der Waals surface area contributed by atoms with Gasteiger partial charge in [0.1, 0.15) is 5.75 Å². The molecule has 0 aliphatic rings. The number of carbonyl (C=O) groups is 2. The molecule has 1 rings (SSSR count). The molecule has 1 amide bonds. The summed E-state index contributed by atoms with van der Waals surface area (Å²) >= 11 is 0. The van der Waals surface area contributed by atoms with Crippen LogP contribution in [0.4, 0.5) is 0 Å². The van der Waals surface area contributed by atoms with Gasteiger partial charge in [0.25, 0.3) is 5.91 Å². The summed E-state index contributed by atoms with van der Waals surface area (Å²) in [6.45, 7) is 4.33. The lowest BCUT2D eigenvalue weighted by Crippen LogP contribution is -2.29. The molecule has 0 bridgehead atoms. The predicted octanol–water partition coefficient (Wildman–Crippen LogP) is 2.03. The van der Waals surface area contributed by atoms with E-state index in [1.165, 1.54) is 12.0 Å². The van der Waals surface area contributed by atoms with Gasteiger partial charge in [-0.3, -0.25) is 9.59 Å². The second kappa shape index (κ2) is 7.53. The Hall–Kier alpha value is -2.04. The van der Waals surface area contributed by atoms with E-state index < -0.39 is 0 Å². The van der Waals surface area contributed by atoms with Crippen molar-refractivity contribution in [2.45, 2.75) is 20.3 Å². The van der Waals surface area contributed by atoms with Crippen molar-refractivity contribution in [1.82, 2.24) is 4.90 Å². The lowest BCUT2D eigenvalue weighted by molar-refractivity contribution is -0.143. The van der Waals surface area contributed by atoms with Gasteiger partial charge in [-0.15, -0.1) is 0 Å². The van der Waals surface area contributed by atoms with Crippen molar-refractivity contribution in [1.29, 1.82) is 0 Å². The van der Waals surface area contributed by atoms with E-state index in [1.54, 1.807) is 26.1 Å². The van der Waals surface area contributed by atoms with Crippen LogP contribution in [0.25, 0.3) is 0 Å². The Balaban J connectivity index is 2.74. The van der Waals surface area contributed by atoms with Crippen LogP contribution >= 0.6 is 0 Å². The van der Waals surface area contributed by atoms with Crippen molar-refractivity contribution in [3.05, 3.63) is 29.3 Å². The van der Waals surface area contributed by atoms with Gasteiger partial charge in [-0.2, -0.15) is 0 Å². The Morgan fingerprint density at radius 3 is 2.60 bits per heavy atom. The highest BCUT2D eigenvalue weighted by Gasteiger charge is 2.17. The molecular weight excluding hydrogens is 258 g/mol. The second-order valence-corrected chi connectivity index (χ2v) is 4.49. The molecule has 0 saturated heterocycles. The van der Waals surface area contributed by atoms with Crippen LogP contribution in [-0.2, 0) is 9.53 Å². The number of rotatable bonds is 6. The van der Waals surface area contributed by atoms with Crippen LogP contribution in [0.3, 0.4) is 0 Å². The third-order valence-corrected chi connectivity index (χ3v) is 2.89. The smallest absolute Gasteiger partial charge is 0.307 e. The fourth-order valence-electron chi connectivity index (χ4n) is 1.79. The van der Waals surface area contributed by atoms with Gasteiger partial charge < -0.3 is 14.4 Å². The summed E-state index contributed by atoms with van der Waals surface area (Å²) in [5.74, 6) is 0.0572. The first-order chi connectivity index (χ1) is 9.49. The monoisotopic (exact) mass is 279 g/mol. The van der Waals surface area contributed by atoms with Crippen molar-refractivity contribution >= 4 is 11.9 Å². The van der Waals surface area contributed by atoms with Crippen molar-refractivity contribution in [2.24, 2.45) is 0 Å². The van der Waals surface area contributed by atoms with E-state index in [2.05, 4.69) is 0 Å². The van der Waals surface area contributed by atoms with Crippen LogP contribution < -0.4 is 4.74 Å². The zero-order chi connectivity index (χ0) is 15.1. The van der Waals surface area contributed by atoms with E-state index in [1.807, 2.05) is 13.0 Å². The zero-order valence-corrected chi connectivity index (χ0v) is 12.4. The summed E-state index contributed by atoms with van der Waals surface area (Å²) in [5.41, 5.74) is 1.48. The predicted molar refractivity (Wildman–Crippen MR) is 75.9 cm³/mol. The molecule has 0 N–H and O–H groups in total. The molecule has 0 heterocycles. The maximum absolute atomic E-state index is 12.3. The number of esters is 1. The normalized spacial score (nSPS) is 10.0. The SMILES string of the molecule is CCOC(=O)CCN(C)C(=O)c1cc(C)ccc1OC. The summed E-state index contributed by atoms with van der Waals surface area (Å²) in [7, 11) is 3.18. The molecule has 20 heavy (non-hydrogen) atoms. The first-order valence-electron chi connectivity index (χ1n) is 6.55. The summed E-state index contributed by atoms with van der Waals surface area (Å²) in [4.78, 5) is 25.1. The fourth-order valence-corrected chi connectivity index (χ4v) is 1.79. The number of benzene rings is 1. The van der Waals surface area contributed by atoms with Crippen molar-refractivity contribution in [3.63, 3.8) is 0 Å². The molecule has 0 atom stereocenters. The molecule has 0 radical (unpaired) electrons. The molecular formula is C15H21NO4. The van der Waals surface area contributed by atoms with E-state index in [-0.39, 0.29) is 18.3 Å². The van der Waals surface area contributed by atoms with Gasteiger partial charge >= 0.3 is 5.97 Å². The average molecular weight is 279 g/mol. The number of nitrogens with zero attached hydrogens (tertiary/aromatic N) is 1. The first-order valence-corrected chi connectivity index (χ1v) is 6.55. The quantitative estimate of drug-likeness (QED) is 0.748. The Bertz CT molecular complexity index is 485. The lowest BCUT2D eigenvalue weighted by atomic mass is 10.1. The van der Waals surface area contributed by atoms with Gasteiger partial charge in [0.15, 0.2) is 0 Å². The number of methoxy groups -OCH3 is 1. The van der Waals surface area contributed by atoms with Crippen LogP contribution in [0.2, 0.25) is 0 Å². The van der Waals surface area contributed by atoms with E-state index in [0.29, 0.717) is 24.5 Å². The van der Waals surface area contributed by atoms with E-state index in [9.17, 15) is 9.59 Å². The van der Waals surface area contributed by atoms with E-state index >= 15 is 0 Å². The number of carbonyl (C=O) groups excluding carboxylic acids is 2. The standard InChI is InChI=1S/C15H21NO4/c1-5-20-14(17)8-9-16(3)15(18)12-10-11(2)6-7-13(12)19-4/h6-7,10H,5,8-9H2,1-4H3.